The van der Waals surface area contributed by atoms with Crippen molar-refractivity contribution in [1.82, 2.24) is 0 Å². The molecule has 3 aromatic rings. The zero-order valence-electron chi connectivity index (χ0n) is 15.8. The Kier molecular flexibility index (Phi) is 4.71. The molecule has 0 saturated heterocycles. The molecule has 0 heterocycles. The minimum Gasteiger partial charge on any atom is -0.399 e. The van der Waals surface area contributed by atoms with Crippen molar-refractivity contribution in [3.63, 3.8) is 0 Å². The fourth-order valence-electron chi connectivity index (χ4n) is 3.94. The van der Waals surface area contributed by atoms with Gasteiger partial charge < -0.3 is 5.73 Å². The number of fused-ring (bicyclic) bond motifs is 1. The van der Waals surface area contributed by atoms with E-state index in [1.54, 1.807) is 6.07 Å². The lowest BCUT2D eigenvalue weighted by atomic mass is 9.87. The Morgan fingerprint density at radius 2 is 1.68 bits per heavy atom. The number of hydrogen-bond donors (Lipinski definition) is 1. The number of nitriles is 1. The maximum absolute atomic E-state index is 14.4. The molecule has 0 saturated carbocycles. The van der Waals surface area contributed by atoms with Gasteiger partial charge in [0.15, 0.2) is 0 Å². The van der Waals surface area contributed by atoms with Gasteiger partial charge in [0.05, 0.1) is 5.56 Å². The summed E-state index contributed by atoms with van der Waals surface area (Å²) in [6.45, 7) is 2.07. The molecule has 0 fully saturated rings. The Labute approximate surface area is 164 Å². The van der Waals surface area contributed by atoms with Crippen LogP contribution < -0.4 is 5.73 Å². The zero-order chi connectivity index (χ0) is 19.7. The van der Waals surface area contributed by atoms with Crippen LogP contribution in [-0.2, 0) is 6.42 Å². The molecule has 0 atom stereocenters. The van der Waals surface area contributed by atoms with Crippen molar-refractivity contribution in [2.75, 3.05) is 5.73 Å². The maximum atomic E-state index is 14.4. The van der Waals surface area contributed by atoms with Crippen LogP contribution >= 0.6 is 0 Å². The van der Waals surface area contributed by atoms with E-state index in [9.17, 15) is 4.39 Å². The molecule has 2 N–H and O–H groups in total. The minimum absolute atomic E-state index is 0.0723. The van der Waals surface area contributed by atoms with E-state index < -0.39 is 5.82 Å². The highest BCUT2D eigenvalue weighted by Gasteiger charge is 2.21. The van der Waals surface area contributed by atoms with Crippen LogP contribution in [0.1, 0.15) is 46.2 Å². The van der Waals surface area contributed by atoms with Crippen LogP contribution in [0.3, 0.4) is 0 Å². The van der Waals surface area contributed by atoms with Crippen molar-refractivity contribution in [1.29, 1.82) is 5.26 Å². The smallest absolute Gasteiger partial charge is 0.141 e. The molecule has 0 aromatic heterocycles. The van der Waals surface area contributed by atoms with Crippen LogP contribution in [0.5, 0.6) is 0 Å². The Morgan fingerprint density at radius 3 is 2.39 bits per heavy atom. The first kappa shape index (κ1) is 18.0. The van der Waals surface area contributed by atoms with Crippen molar-refractivity contribution >= 4 is 16.8 Å². The number of hydrogen-bond acceptors (Lipinski definition) is 2. The van der Waals surface area contributed by atoms with Gasteiger partial charge in [-0.05, 0) is 83.9 Å². The van der Waals surface area contributed by atoms with Gasteiger partial charge in [0.25, 0.3) is 0 Å². The van der Waals surface area contributed by atoms with Gasteiger partial charge in [-0.2, -0.15) is 5.26 Å². The molecule has 0 radical (unpaired) electrons. The molecule has 0 bridgehead atoms. The van der Waals surface area contributed by atoms with E-state index in [0.29, 0.717) is 0 Å². The molecule has 0 amide bonds. The molecule has 3 heteroatoms. The van der Waals surface area contributed by atoms with E-state index >= 15 is 0 Å². The van der Waals surface area contributed by atoms with E-state index in [-0.39, 0.29) is 5.56 Å². The fraction of sp³-hybridized carbons (Fsp3) is 0.160. The molecular weight excluding hydrogens is 347 g/mol. The summed E-state index contributed by atoms with van der Waals surface area (Å²) >= 11 is 0. The van der Waals surface area contributed by atoms with Crippen LogP contribution in [0.25, 0.3) is 11.1 Å². The summed E-state index contributed by atoms with van der Waals surface area (Å²) in [5.41, 5.74) is 14.6. The summed E-state index contributed by atoms with van der Waals surface area (Å²) in [7, 11) is 0. The summed E-state index contributed by atoms with van der Waals surface area (Å²) in [6.07, 6.45) is 2.73. The van der Waals surface area contributed by atoms with Gasteiger partial charge in [-0.1, -0.05) is 42.0 Å². The van der Waals surface area contributed by atoms with Gasteiger partial charge in [-0.3, -0.25) is 0 Å². The van der Waals surface area contributed by atoms with Crippen molar-refractivity contribution in [2.45, 2.75) is 26.2 Å². The summed E-state index contributed by atoms with van der Waals surface area (Å²) in [4.78, 5) is 0. The number of anilines is 1. The largest absolute Gasteiger partial charge is 0.399 e. The Morgan fingerprint density at radius 1 is 0.929 bits per heavy atom. The first-order valence-corrected chi connectivity index (χ1v) is 9.46. The van der Waals surface area contributed by atoms with Crippen molar-refractivity contribution in [3.05, 3.63) is 99.9 Å². The normalized spacial score (nSPS) is 13.6. The first-order chi connectivity index (χ1) is 13.6. The van der Waals surface area contributed by atoms with Crippen LogP contribution in [-0.4, -0.2) is 0 Å². The Balaban J connectivity index is 2.00. The number of nitrogen functional groups attached to an aromatic ring is 1. The van der Waals surface area contributed by atoms with Crippen molar-refractivity contribution < 1.29 is 4.39 Å². The van der Waals surface area contributed by atoms with Crippen molar-refractivity contribution in [2.24, 2.45) is 0 Å². The average molecular weight is 368 g/mol. The highest BCUT2D eigenvalue weighted by molar-refractivity contribution is 6.00. The highest BCUT2D eigenvalue weighted by atomic mass is 19.1. The number of benzene rings is 3. The van der Waals surface area contributed by atoms with E-state index in [1.165, 1.54) is 17.2 Å². The van der Waals surface area contributed by atoms with E-state index in [4.69, 9.17) is 11.0 Å². The van der Waals surface area contributed by atoms with Gasteiger partial charge in [0.2, 0.25) is 0 Å². The second kappa shape index (κ2) is 7.32. The summed E-state index contributed by atoms with van der Waals surface area (Å²) in [6, 6.07) is 21.3. The molecule has 138 valence electrons. The monoisotopic (exact) mass is 368 g/mol. The number of aryl methyl sites for hydroxylation is 2. The third-order valence-electron chi connectivity index (χ3n) is 5.35. The molecule has 4 rings (SSSR count). The summed E-state index contributed by atoms with van der Waals surface area (Å²) < 4.78 is 14.4. The molecule has 28 heavy (non-hydrogen) atoms. The van der Waals surface area contributed by atoms with E-state index in [0.717, 1.165) is 52.8 Å². The zero-order valence-corrected chi connectivity index (χ0v) is 15.8. The number of allylic oxidation sites excluding steroid dienone is 1. The third-order valence-corrected chi connectivity index (χ3v) is 5.35. The van der Waals surface area contributed by atoms with Crippen molar-refractivity contribution in [3.8, 4) is 6.07 Å². The molecule has 1 aliphatic carbocycles. The number of halogens is 1. The average Bonchev–Trinajstić information content (AvgIpc) is 2.87. The number of nitrogens with two attached hydrogens (primary N) is 1. The standard InChI is InChI=1S/C25H21FN2/c1-16-5-7-17(8-6-16)25-22(19-9-10-20(15-27)24(26)14-19)4-2-3-18-13-21(28)11-12-23(18)25/h5-14H,2-4,28H2,1H3. The van der Waals surface area contributed by atoms with Crippen LogP contribution in [0, 0.1) is 24.1 Å². The maximum Gasteiger partial charge on any atom is 0.141 e. The lowest BCUT2D eigenvalue weighted by molar-refractivity contribution is 0.623. The Hall–Kier alpha value is -3.38. The highest BCUT2D eigenvalue weighted by Crippen LogP contribution is 2.40. The van der Waals surface area contributed by atoms with Crippen LogP contribution in [0.4, 0.5) is 10.1 Å². The second-order valence-corrected chi connectivity index (χ2v) is 7.30. The van der Waals surface area contributed by atoms with Gasteiger partial charge in [0, 0.05) is 5.69 Å². The second-order valence-electron chi connectivity index (χ2n) is 7.30. The topological polar surface area (TPSA) is 49.8 Å². The number of nitrogens with zero attached hydrogens (tertiary/aromatic N) is 1. The predicted molar refractivity (Wildman–Crippen MR) is 112 cm³/mol. The van der Waals surface area contributed by atoms with Crippen LogP contribution in [0.15, 0.2) is 60.7 Å². The minimum atomic E-state index is -0.475. The van der Waals surface area contributed by atoms with Gasteiger partial charge in [-0.15, -0.1) is 0 Å². The van der Waals surface area contributed by atoms with Gasteiger partial charge in [0.1, 0.15) is 11.9 Å². The summed E-state index contributed by atoms with van der Waals surface area (Å²) in [5, 5.41) is 9.06. The fourth-order valence-corrected chi connectivity index (χ4v) is 3.94. The molecule has 0 aliphatic heterocycles. The summed E-state index contributed by atoms with van der Waals surface area (Å²) in [5.74, 6) is -0.475. The molecule has 0 spiro atoms. The Bertz CT molecular complexity index is 1120. The van der Waals surface area contributed by atoms with Gasteiger partial charge in [-0.25, -0.2) is 4.39 Å². The third kappa shape index (κ3) is 3.30. The first-order valence-electron chi connectivity index (χ1n) is 9.46. The number of rotatable bonds is 2. The van der Waals surface area contributed by atoms with E-state index in [1.807, 2.05) is 24.3 Å². The van der Waals surface area contributed by atoms with E-state index in [2.05, 4.69) is 37.3 Å². The van der Waals surface area contributed by atoms with Crippen LogP contribution in [0.2, 0.25) is 0 Å². The lowest BCUT2D eigenvalue weighted by Gasteiger charge is -2.17. The molecule has 3 aromatic carbocycles. The molecule has 2 nitrogen and oxygen atoms in total. The molecule has 1 aliphatic rings. The quantitative estimate of drug-likeness (QED) is 0.574. The molecule has 0 unspecified atom stereocenters. The lowest BCUT2D eigenvalue weighted by Crippen LogP contribution is -1.98. The predicted octanol–water partition coefficient (Wildman–Crippen LogP) is 5.88. The molecular formula is C25H21FN2. The SMILES string of the molecule is Cc1ccc(C2=C(c3ccc(C#N)c(F)c3)CCCc3cc(N)ccc32)cc1. The van der Waals surface area contributed by atoms with Gasteiger partial charge >= 0.3 is 0 Å².